The van der Waals surface area contributed by atoms with Crippen LogP contribution in [-0.4, -0.2) is 12.2 Å². The highest BCUT2D eigenvalue weighted by molar-refractivity contribution is 5.56. The van der Waals surface area contributed by atoms with Gasteiger partial charge in [0.05, 0.1) is 12.2 Å². The van der Waals surface area contributed by atoms with Crippen molar-refractivity contribution < 1.29 is 4.74 Å². The molecule has 0 spiro atoms. The molecule has 0 amide bonds. The van der Waals surface area contributed by atoms with Gasteiger partial charge in [0.15, 0.2) is 0 Å². The highest BCUT2D eigenvalue weighted by atomic mass is 16.5. The van der Waals surface area contributed by atoms with Gasteiger partial charge < -0.3 is 10.5 Å². The zero-order valence-corrected chi connectivity index (χ0v) is 33.7. The van der Waals surface area contributed by atoms with Gasteiger partial charge >= 0.3 is 0 Å². The lowest BCUT2D eigenvalue weighted by molar-refractivity contribution is -0.116. The number of rotatable bonds is 8. The van der Waals surface area contributed by atoms with E-state index in [2.05, 4.69) is 118 Å². The second kappa shape index (κ2) is 16.8. The Labute approximate surface area is 327 Å². The van der Waals surface area contributed by atoms with Crippen LogP contribution in [0.15, 0.2) is 142 Å². The van der Waals surface area contributed by atoms with Crippen molar-refractivity contribution in [3.8, 4) is 0 Å². The third-order valence-corrected chi connectivity index (χ3v) is 14.9. The molecule has 1 saturated heterocycles. The fourth-order valence-electron chi connectivity index (χ4n) is 12.2. The van der Waals surface area contributed by atoms with Gasteiger partial charge in [-0.3, -0.25) is 0 Å². The average Bonchev–Trinajstić information content (AvgIpc) is 3.22. The number of fused-ring (bicyclic) bond motifs is 2. The predicted octanol–water partition coefficient (Wildman–Crippen LogP) is 13.4. The van der Waals surface area contributed by atoms with Crippen LogP contribution in [0, 0.1) is 40.9 Å². The third kappa shape index (κ3) is 7.22. The maximum atomic E-state index is 7.26. The lowest BCUT2D eigenvalue weighted by Crippen LogP contribution is -2.57. The number of allylic oxidation sites excluding steroid dienone is 21. The summed E-state index contributed by atoms with van der Waals surface area (Å²) in [5, 5.41) is 0. The Morgan fingerprint density at radius 3 is 2.52 bits per heavy atom. The molecule has 9 unspecified atom stereocenters. The molecule has 1 heterocycles. The van der Waals surface area contributed by atoms with E-state index in [0.717, 1.165) is 43.7 Å². The molecule has 2 fully saturated rings. The molecule has 54 heavy (non-hydrogen) atoms. The molecule has 2 heteroatoms. The quantitative estimate of drug-likeness (QED) is 0.200. The summed E-state index contributed by atoms with van der Waals surface area (Å²) in [6.45, 7) is 7.28. The summed E-state index contributed by atoms with van der Waals surface area (Å²) >= 11 is 0. The van der Waals surface area contributed by atoms with Gasteiger partial charge in [-0.1, -0.05) is 136 Å². The Hall–Kier alpha value is -3.36. The minimum absolute atomic E-state index is 0.0792. The van der Waals surface area contributed by atoms with Crippen molar-refractivity contribution in [3.05, 3.63) is 142 Å². The van der Waals surface area contributed by atoms with Crippen LogP contribution < -0.4 is 5.73 Å². The molecule has 0 aromatic heterocycles. The van der Waals surface area contributed by atoms with E-state index >= 15 is 0 Å². The second-order valence-electron chi connectivity index (χ2n) is 18.0. The van der Waals surface area contributed by atoms with E-state index in [0.29, 0.717) is 41.8 Å². The van der Waals surface area contributed by atoms with Gasteiger partial charge in [-0.15, -0.1) is 0 Å². The zero-order valence-electron chi connectivity index (χ0n) is 33.7. The normalized spacial score (nSPS) is 37.4. The van der Waals surface area contributed by atoms with Crippen molar-refractivity contribution in [2.45, 2.75) is 136 Å². The van der Waals surface area contributed by atoms with E-state index in [9.17, 15) is 0 Å². The molecule has 8 rings (SSSR count). The van der Waals surface area contributed by atoms with Crippen molar-refractivity contribution in [3.63, 3.8) is 0 Å². The maximum absolute atomic E-state index is 7.26. The number of hydrogen-bond donors (Lipinski definition) is 1. The molecule has 7 aliphatic carbocycles. The van der Waals surface area contributed by atoms with E-state index in [4.69, 9.17) is 10.5 Å². The molecule has 9 atom stereocenters. The van der Waals surface area contributed by atoms with Crippen LogP contribution >= 0.6 is 0 Å². The summed E-state index contributed by atoms with van der Waals surface area (Å²) in [5.74, 6) is 3.51. The number of ether oxygens (including phenoxy) is 1. The maximum Gasteiger partial charge on any atom is 0.0798 e. The van der Waals surface area contributed by atoms with Gasteiger partial charge in [-0.05, 0) is 153 Å². The van der Waals surface area contributed by atoms with Gasteiger partial charge in [0.25, 0.3) is 0 Å². The smallest absolute Gasteiger partial charge is 0.0798 e. The molecule has 1 aliphatic heterocycles. The number of nitrogens with two attached hydrogens (primary N) is 1. The van der Waals surface area contributed by atoms with Gasteiger partial charge in [-0.2, -0.15) is 0 Å². The standard InChI is InChI=1S/C52H67NO/c1-36-19-7-9-26-42(36)44-27-10-11-28-45(44)51(53)38(3)43(40-23-5-4-6-24-40)29-18-22-39-21-17-25-41(35-39)52(46-30-12-8-20-37(46)2)47-31-13-15-33-49(47)54-50-34-16-14-32-48(50)52/h4-5,9-11,13,18,21-23,26,28-29,31-32,35-37,42,44,46-47,49-50H,6-8,12,14-17,19-20,24-25,27,30,33-34,53H2,1-3H3/b22-18+,43-29-,51-38-. The van der Waals surface area contributed by atoms with Gasteiger partial charge in [-0.25, -0.2) is 0 Å². The molecule has 1 saturated carbocycles. The Bertz CT molecular complexity index is 1790. The monoisotopic (exact) mass is 722 g/mol. The highest BCUT2D eigenvalue weighted by Crippen LogP contribution is 2.63. The van der Waals surface area contributed by atoms with E-state index in [1.807, 2.05) is 0 Å². The Morgan fingerprint density at radius 2 is 1.67 bits per heavy atom. The first-order chi connectivity index (χ1) is 26.5. The first-order valence-electron chi connectivity index (χ1n) is 22.2. The summed E-state index contributed by atoms with van der Waals surface area (Å²) in [5.41, 5.74) is 18.3. The SMILES string of the molecule is CC(=C(/N)C1=CC=CCC1C1C=CCCC1C)/C(=C/C=C/C1=CCCC(C2(C3CCCCC3C)C3=CCCCC3OC3CCC=CC32)=C1)C1=CC=CCC1. The van der Waals surface area contributed by atoms with Crippen molar-refractivity contribution in [1.82, 2.24) is 0 Å². The highest BCUT2D eigenvalue weighted by Gasteiger charge is 2.59. The molecular formula is C52H67NO. The van der Waals surface area contributed by atoms with Crippen LogP contribution in [-0.2, 0) is 4.74 Å². The summed E-state index contributed by atoms with van der Waals surface area (Å²) in [4.78, 5) is 0. The van der Waals surface area contributed by atoms with Crippen LogP contribution in [0.4, 0.5) is 0 Å². The molecular weight excluding hydrogens is 655 g/mol. The topological polar surface area (TPSA) is 35.2 Å². The van der Waals surface area contributed by atoms with Gasteiger partial charge in [0, 0.05) is 17.0 Å². The molecule has 2 nitrogen and oxygen atoms in total. The van der Waals surface area contributed by atoms with Crippen LogP contribution in [0.25, 0.3) is 0 Å². The number of hydrogen-bond acceptors (Lipinski definition) is 2. The fraction of sp³-hybridized carbons (Fsp3) is 0.538. The Kier molecular flexibility index (Phi) is 11.7. The lowest BCUT2D eigenvalue weighted by Gasteiger charge is -2.60. The van der Waals surface area contributed by atoms with Crippen molar-refractivity contribution in [2.24, 2.45) is 46.7 Å². The van der Waals surface area contributed by atoms with Crippen LogP contribution in [0.2, 0.25) is 0 Å². The van der Waals surface area contributed by atoms with E-state index < -0.39 is 0 Å². The molecule has 0 bridgehead atoms. The Balaban J connectivity index is 1.16. The van der Waals surface area contributed by atoms with E-state index in [1.165, 1.54) is 98.5 Å². The van der Waals surface area contributed by atoms with E-state index in [1.54, 1.807) is 11.1 Å². The summed E-state index contributed by atoms with van der Waals surface area (Å²) < 4.78 is 7.06. The molecule has 0 radical (unpaired) electrons. The second-order valence-corrected chi connectivity index (χ2v) is 18.0. The molecule has 8 aliphatic rings. The van der Waals surface area contributed by atoms with Gasteiger partial charge in [0.1, 0.15) is 0 Å². The first kappa shape index (κ1) is 37.6. The summed E-state index contributed by atoms with van der Waals surface area (Å²) in [7, 11) is 0. The van der Waals surface area contributed by atoms with Crippen molar-refractivity contribution in [1.29, 1.82) is 0 Å². The summed E-state index contributed by atoms with van der Waals surface area (Å²) in [6.07, 6.45) is 58.6. The third-order valence-electron chi connectivity index (χ3n) is 14.9. The van der Waals surface area contributed by atoms with Gasteiger partial charge in [0.2, 0.25) is 0 Å². The van der Waals surface area contributed by atoms with Crippen LogP contribution in [0.3, 0.4) is 0 Å². The zero-order chi connectivity index (χ0) is 37.1. The van der Waals surface area contributed by atoms with E-state index in [-0.39, 0.29) is 5.41 Å². The molecule has 2 N–H and O–H groups in total. The van der Waals surface area contributed by atoms with Crippen LogP contribution in [0.1, 0.15) is 124 Å². The molecule has 0 aromatic carbocycles. The van der Waals surface area contributed by atoms with Crippen molar-refractivity contribution >= 4 is 0 Å². The van der Waals surface area contributed by atoms with Crippen molar-refractivity contribution in [2.75, 3.05) is 0 Å². The minimum Gasteiger partial charge on any atom is -0.398 e. The van der Waals surface area contributed by atoms with Crippen LogP contribution in [0.5, 0.6) is 0 Å². The lowest BCUT2D eigenvalue weighted by atomic mass is 9.47. The molecule has 286 valence electrons. The predicted molar refractivity (Wildman–Crippen MR) is 228 cm³/mol. The average molecular weight is 722 g/mol. The minimum atomic E-state index is 0.0792. The fourth-order valence-corrected chi connectivity index (χ4v) is 12.2. The summed E-state index contributed by atoms with van der Waals surface area (Å²) in [6, 6.07) is 0. The Morgan fingerprint density at radius 1 is 0.815 bits per heavy atom. The molecule has 0 aromatic rings. The first-order valence-corrected chi connectivity index (χ1v) is 22.2. The largest absolute Gasteiger partial charge is 0.398 e.